The van der Waals surface area contributed by atoms with E-state index in [0.29, 0.717) is 6.42 Å². The van der Waals surface area contributed by atoms with Crippen molar-refractivity contribution in [2.24, 2.45) is 4.99 Å². The molecule has 3 rings (SSSR count). The molecule has 126 valence electrons. The minimum Gasteiger partial charge on any atom is -0.390 e. The minimum atomic E-state index is -1.17. The second-order valence-corrected chi connectivity index (χ2v) is 7.19. The standard InChI is InChI=1S/C16H22N2O4S/c1-18(2)16-17-11-12(20)13(21)14(22-15(11)23-16)10(19)8-9-6-4-3-5-7-9/h3-7,10-15,19-21H,8H2,1-2H3/t10-,11-,12-,13+,14?,15-/m1/s1. The Balaban J connectivity index is 1.71. The SMILES string of the molecule is CN(C)C1=N[C@@H]2[C@@H](O)[C@H](O)C([C@H](O)Cc3ccccc3)O[C@@H]2S1. The smallest absolute Gasteiger partial charge is 0.161 e. The molecule has 0 aromatic heterocycles. The Morgan fingerprint density at radius 3 is 2.57 bits per heavy atom. The molecular weight excluding hydrogens is 316 g/mol. The zero-order chi connectivity index (χ0) is 16.6. The van der Waals surface area contributed by atoms with Gasteiger partial charge < -0.3 is 25.0 Å². The first-order valence-corrected chi connectivity index (χ1v) is 8.50. The fourth-order valence-electron chi connectivity index (χ4n) is 2.88. The first-order chi connectivity index (χ1) is 11.0. The van der Waals surface area contributed by atoms with Gasteiger partial charge in [0.05, 0.1) is 6.10 Å². The zero-order valence-electron chi connectivity index (χ0n) is 13.1. The summed E-state index contributed by atoms with van der Waals surface area (Å²) in [7, 11) is 3.74. The molecule has 23 heavy (non-hydrogen) atoms. The van der Waals surface area contributed by atoms with E-state index in [1.807, 2.05) is 49.3 Å². The molecule has 0 bridgehead atoms. The second kappa shape index (κ2) is 6.78. The lowest BCUT2D eigenvalue weighted by atomic mass is 9.92. The topological polar surface area (TPSA) is 85.5 Å². The normalized spacial score (nSPS) is 34.7. The summed E-state index contributed by atoms with van der Waals surface area (Å²) in [6.45, 7) is 0. The first kappa shape index (κ1) is 16.7. The van der Waals surface area contributed by atoms with Crippen LogP contribution in [0.1, 0.15) is 5.56 Å². The van der Waals surface area contributed by atoms with Gasteiger partial charge in [0.15, 0.2) is 5.17 Å². The summed E-state index contributed by atoms with van der Waals surface area (Å²) in [5.41, 5.74) is 0.568. The minimum absolute atomic E-state index is 0.360. The van der Waals surface area contributed by atoms with Gasteiger partial charge in [0, 0.05) is 20.5 Å². The van der Waals surface area contributed by atoms with Crippen LogP contribution in [-0.2, 0) is 11.2 Å². The van der Waals surface area contributed by atoms with Gasteiger partial charge in [-0.1, -0.05) is 42.1 Å². The summed E-state index contributed by atoms with van der Waals surface area (Å²) in [4.78, 5) is 6.26. The molecule has 1 saturated heterocycles. The maximum Gasteiger partial charge on any atom is 0.161 e. The molecule has 2 aliphatic rings. The maximum atomic E-state index is 10.5. The number of hydrogen-bond acceptors (Lipinski definition) is 7. The van der Waals surface area contributed by atoms with Crippen LogP contribution in [0.15, 0.2) is 35.3 Å². The Kier molecular flexibility index (Phi) is 4.93. The molecule has 1 fully saturated rings. The van der Waals surface area contributed by atoms with Gasteiger partial charge in [-0.3, -0.25) is 4.99 Å². The van der Waals surface area contributed by atoms with Gasteiger partial charge in [-0.15, -0.1) is 0 Å². The molecule has 1 aromatic rings. The van der Waals surface area contributed by atoms with E-state index in [9.17, 15) is 15.3 Å². The van der Waals surface area contributed by atoms with E-state index in [1.165, 1.54) is 11.8 Å². The lowest BCUT2D eigenvalue weighted by molar-refractivity contribution is -0.184. The lowest BCUT2D eigenvalue weighted by Crippen LogP contribution is -2.58. The van der Waals surface area contributed by atoms with Crippen molar-refractivity contribution in [2.45, 2.75) is 42.3 Å². The van der Waals surface area contributed by atoms with Crippen molar-refractivity contribution in [3.05, 3.63) is 35.9 Å². The predicted molar refractivity (Wildman–Crippen MR) is 89.3 cm³/mol. The van der Waals surface area contributed by atoms with Gasteiger partial charge in [-0.2, -0.15) is 0 Å². The van der Waals surface area contributed by atoms with Crippen molar-refractivity contribution in [3.8, 4) is 0 Å². The molecule has 0 radical (unpaired) electrons. The van der Waals surface area contributed by atoms with Crippen molar-refractivity contribution in [1.29, 1.82) is 0 Å². The number of ether oxygens (including phenoxy) is 1. The van der Waals surface area contributed by atoms with E-state index in [4.69, 9.17) is 4.74 Å². The number of aliphatic imine (C=N–C) groups is 1. The van der Waals surface area contributed by atoms with E-state index in [2.05, 4.69) is 4.99 Å². The van der Waals surface area contributed by atoms with Crippen molar-refractivity contribution in [1.82, 2.24) is 4.90 Å². The van der Waals surface area contributed by atoms with Crippen LogP contribution < -0.4 is 0 Å². The molecule has 2 aliphatic heterocycles. The number of hydrogen-bond donors (Lipinski definition) is 3. The van der Waals surface area contributed by atoms with Crippen LogP contribution in [0.4, 0.5) is 0 Å². The van der Waals surface area contributed by atoms with E-state index in [1.54, 1.807) is 0 Å². The van der Waals surface area contributed by atoms with Gasteiger partial charge in [0.2, 0.25) is 0 Å². The molecule has 1 unspecified atom stereocenters. The van der Waals surface area contributed by atoms with Gasteiger partial charge in [0.25, 0.3) is 0 Å². The number of benzene rings is 1. The second-order valence-electron chi connectivity index (χ2n) is 6.12. The molecule has 6 nitrogen and oxygen atoms in total. The fourth-order valence-corrected chi connectivity index (χ4v) is 4.03. The first-order valence-electron chi connectivity index (χ1n) is 7.62. The number of fused-ring (bicyclic) bond motifs is 1. The summed E-state index contributed by atoms with van der Waals surface area (Å²) in [6.07, 6.45) is -3.59. The highest BCUT2D eigenvalue weighted by molar-refractivity contribution is 8.14. The van der Waals surface area contributed by atoms with Gasteiger partial charge in [-0.25, -0.2) is 0 Å². The molecule has 1 aromatic carbocycles. The molecular formula is C16H22N2O4S. The molecule has 7 heteroatoms. The van der Waals surface area contributed by atoms with Crippen LogP contribution in [0.2, 0.25) is 0 Å². The number of nitrogens with zero attached hydrogens (tertiary/aromatic N) is 2. The van der Waals surface area contributed by atoms with Crippen molar-refractivity contribution >= 4 is 16.9 Å². The number of aliphatic hydroxyl groups excluding tert-OH is 3. The summed E-state index contributed by atoms with van der Waals surface area (Å²) in [5.74, 6) is 0. The highest BCUT2D eigenvalue weighted by Gasteiger charge is 2.50. The van der Waals surface area contributed by atoms with E-state index in [-0.39, 0.29) is 5.44 Å². The molecule has 0 aliphatic carbocycles. The molecule has 3 N–H and O–H groups in total. The summed E-state index contributed by atoms with van der Waals surface area (Å²) in [6, 6.07) is 9.02. The van der Waals surface area contributed by atoms with Crippen LogP contribution in [0.25, 0.3) is 0 Å². The largest absolute Gasteiger partial charge is 0.390 e. The van der Waals surface area contributed by atoms with Gasteiger partial charge in [-0.05, 0) is 5.56 Å². The summed E-state index contributed by atoms with van der Waals surface area (Å²) < 4.78 is 5.87. The van der Waals surface area contributed by atoms with Crippen molar-refractivity contribution in [2.75, 3.05) is 14.1 Å². The Morgan fingerprint density at radius 2 is 1.91 bits per heavy atom. The van der Waals surface area contributed by atoms with E-state index < -0.39 is 30.5 Å². The molecule has 0 spiro atoms. The lowest BCUT2D eigenvalue weighted by Gasteiger charge is -2.40. The third-order valence-electron chi connectivity index (χ3n) is 4.14. The Hall–Kier alpha value is -1.12. The molecule has 2 heterocycles. The van der Waals surface area contributed by atoms with Gasteiger partial charge in [0.1, 0.15) is 29.8 Å². The Bertz CT molecular complexity index is 568. The highest BCUT2D eigenvalue weighted by Crippen LogP contribution is 2.38. The maximum absolute atomic E-state index is 10.5. The van der Waals surface area contributed by atoms with Crippen molar-refractivity contribution in [3.63, 3.8) is 0 Å². The molecule has 0 amide bonds. The molecule has 0 saturated carbocycles. The number of amidine groups is 1. The third kappa shape index (κ3) is 3.39. The van der Waals surface area contributed by atoms with Crippen molar-refractivity contribution < 1.29 is 20.1 Å². The average molecular weight is 338 g/mol. The zero-order valence-corrected chi connectivity index (χ0v) is 13.9. The van der Waals surface area contributed by atoms with Crippen LogP contribution in [0.5, 0.6) is 0 Å². The summed E-state index contributed by atoms with van der Waals surface area (Å²) in [5, 5.41) is 31.9. The number of thioether (sulfide) groups is 1. The predicted octanol–water partition coefficient (Wildman–Crippen LogP) is 0.0697. The van der Waals surface area contributed by atoms with Gasteiger partial charge >= 0.3 is 0 Å². The van der Waals surface area contributed by atoms with Crippen LogP contribution in [-0.4, -0.2) is 75.4 Å². The molecule has 6 atom stereocenters. The summed E-state index contributed by atoms with van der Waals surface area (Å²) >= 11 is 1.41. The Morgan fingerprint density at radius 1 is 1.22 bits per heavy atom. The van der Waals surface area contributed by atoms with Crippen LogP contribution in [0.3, 0.4) is 0 Å². The fraction of sp³-hybridized carbons (Fsp3) is 0.562. The third-order valence-corrected chi connectivity index (χ3v) is 5.44. The quantitative estimate of drug-likeness (QED) is 0.723. The van der Waals surface area contributed by atoms with E-state index in [0.717, 1.165) is 10.7 Å². The van der Waals surface area contributed by atoms with E-state index >= 15 is 0 Å². The monoisotopic (exact) mass is 338 g/mol. The van der Waals surface area contributed by atoms with Crippen LogP contribution >= 0.6 is 11.8 Å². The Labute approximate surface area is 139 Å². The highest BCUT2D eigenvalue weighted by atomic mass is 32.2. The van der Waals surface area contributed by atoms with Crippen LogP contribution in [0, 0.1) is 0 Å². The number of aliphatic hydroxyl groups is 3. The number of rotatable bonds is 3. The average Bonchev–Trinajstić information content (AvgIpc) is 2.96.